The van der Waals surface area contributed by atoms with Crippen molar-refractivity contribution in [1.29, 1.82) is 0 Å². The maximum absolute atomic E-state index is 12.4. The molecule has 0 amide bonds. The molecule has 2 nitrogen and oxygen atoms in total. The average molecular weight is 278 g/mol. The van der Waals surface area contributed by atoms with Crippen LogP contribution in [0.1, 0.15) is 55.5 Å². The Morgan fingerprint density at radius 2 is 1.84 bits per heavy atom. The third kappa shape index (κ3) is 3.33. The second-order valence-corrected chi connectivity index (χ2v) is 7.32. The number of ketones is 1. The second kappa shape index (κ2) is 6.47. The van der Waals surface area contributed by atoms with Crippen LogP contribution in [0.25, 0.3) is 0 Å². The molecule has 0 saturated heterocycles. The van der Waals surface area contributed by atoms with Gasteiger partial charge in [-0.2, -0.15) is 0 Å². The van der Waals surface area contributed by atoms with Crippen molar-refractivity contribution >= 4 is 16.6 Å². The van der Waals surface area contributed by atoms with Gasteiger partial charge >= 0.3 is 0 Å². The molecule has 2 rings (SSSR count). The van der Waals surface area contributed by atoms with E-state index in [2.05, 4.69) is 6.92 Å². The minimum absolute atomic E-state index is 0.0212. The summed E-state index contributed by atoms with van der Waals surface area (Å²) in [6.45, 7) is 3.90. The molecule has 0 aliphatic heterocycles. The molecule has 19 heavy (non-hydrogen) atoms. The summed E-state index contributed by atoms with van der Waals surface area (Å²) in [5.41, 5.74) is 1.91. The van der Waals surface area contributed by atoms with E-state index in [1.807, 2.05) is 31.2 Å². The van der Waals surface area contributed by atoms with Crippen LogP contribution in [0.2, 0.25) is 0 Å². The Labute approximate surface area is 118 Å². The number of rotatable bonds is 5. The first-order valence-electron chi connectivity index (χ1n) is 7.16. The molecular formula is C16H22O2S. The maximum atomic E-state index is 12.4. The quantitative estimate of drug-likeness (QED) is 0.772. The summed E-state index contributed by atoms with van der Waals surface area (Å²) >= 11 is 0. The summed E-state index contributed by atoms with van der Waals surface area (Å²) in [6, 6.07) is 7.70. The van der Waals surface area contributed by atoms with Crippen LogP contribution in [0, 0.1) is 0 Å². The molecule has 0 spiro atoms. The number of benzene rings is 1. The molecule has 1 aromatic rings. The smallest absolute Gasteiger partial charge is 0.178 e. The summed E-state index contributed by atoms with van der Waals surface area (Å²) in [7, 11) is -1.03. The van der Waals surface area contributed by atoms with Crippen LogP contribution in [-0.4, -0.2) is 20.5 Å². The Kier molecular flexibility index (Phi) is 4.92. The number of aryl methyl sites for hydroxylation is 1. The van der Waals surface area contributed by atoms with Gasteiger partial charge in [-0.1, -0.05) is 44.0 Å². The van der Waals surface area contributed by atoms with Crippen LogP contribution in [0.15, 0.2) is 24.3 Å². The highest BCUT2D eigenvalue weighted by Crippen LogP contribution is 2.25. The minimum atomic E-state index is -1.03. The molecule has 0 heterocycles. The fraction of sp³-hybridized carbons (Fsp3) is 0.562. The van der Waals surface area contributed by atoms with Crippen LogP contribution in [0.3, 0.4) is 0 Å². The van der Waals surface area contributed by atoms with Gasteiger partial charge in [0.15, 0.2) is 5.78 Å². The molecule has 1 aliphatic rings. The maximum Gasteiger partial charge on any atom is 0.178 e. The van der Waals surface area contributed by atoms with E-state index in [1.54, 1.807) is 0 Å². The lowest BCUT2D eigenvalue weighted by molar-refractivity contribution is 0.0992. The summed E-state index contributed by atoms with van der Waals surface area (Å²) in [5, 5.41) is -0.149. The van der Waals surface area contributed by atoms with E-state index < -0.39 is 10.8 Å². The highest BCUT2D eigenvalue weighted by molar-refractivity contribution is 7.87. The molecule has 104 valence electrons. The Hall–Kier alpha value is -0.960. The fourth-order valence-corrected chi connectivity index (χ4v) is 4.38. The highest BCUT2D eigenvalue weighted by Gasteiger charge is 2.29. The zero-order valence-electron chi connectivity index (χ0n) is 11.7. The van der Waals surface area contributed by atoms with Gasteiger partial charge in [0.1, 0.15) is 0 Å². The van der Waals surface area contributed by atoms with Gasteiger partial charge in [-0.25, -0.2) is 0 Å². The summed E-state index contributed by atoms with van der Waals surface area (Å²) in [5.74, 6) is 0.0212. The van der Waals surface area contributed by atoms with E-state index in [9.17, 15) is 9.00 Å². The number of hydrogen-bond donors (Lipinski definition) is 0. The van der Waals surface area contributed by atoms with Crippen LogP contribution >= 0.6 is 0 Å². The van der Waals surface area contributed by atoms with Crippen LogP contribution < -0.4 is 0 Å². The Morgan fingerprint density at radius 3 is 2.37 bits per heavy atom. The van der Waals surface area contributed by atoms with Gasteiger partial charge in [0.2, 0.25) is 0 Å². The predicted octanol–water partition coefficient (Wildman–Crippen LogP) is 3.51. The molecule has 0 radical (unpaired) electrons. The fourth-order valence-electron chi connectivity index (χ4n) is 2.65. The number of hydrogen-bond acceptors (Lipinski definition) is 2. The summed E-state index contributed by atoms with van der Waals surface area (Å²) < 4.78 is 12.4. The van der Waals surface area contributed by atoms with E-state index in [1.165, 1.54) is 5.56 Å². The molecule has 1 saturated carbocycles. The molecule has 0 N–H and O–H groups in total. The molecule has 0 bridgehead atoms. The number of carbonyl (C=O) groups is 1. The minimum Gasteiger partial charge on any atom is -0.293 e. The van der Waals surface area contributed by atoms with Crippen molar-refractivity contribution in [2.75, 3.05) is 0 Å². The molecule has 1 aromatic carbocycles. The van der Waals surface area contributed by atoms with Gasteiger partial charge in [-0.15, -0.1) is 0 Å². The molecular weight excluding hydrogens is 256 g/mol. The normalized spacial score (nSPS) is 19.3. The highest BCUT2D eigenvalue weighted by atomic mass is 32.2. The Morgan fingerprint density at radius 1 is 1.26 bits per heavy atom. The largest absolute Gasteiger partial charge is 0.293 e. The van der Waals surface area contributed by atoms with Gasteiger partial charge in [0, 0.05) is 21.6 Å². The van der Waals surface area contributed by atoms with Crippen LogP contribution in [0.5, 0.6) is 0 Å². The summed E-state index contributed by atoms with van der Waals surface area (Å²) in [6.07, 6.45) is 5.31. The van der Waals surface area contributed by atoms with E-state index >= 15 is 0 Å². The lowest BCUT2D eigenvalue weighted by atomic mass is 10.1. The van der Waals surface area contributed by atoms with Crippen molar-refractivity contribution in [3.8, 4) is 0 Å². The van der Waals surface area contributed by atoms with E-state index in [0.717, 1.165) is 32.1 Å². The lowest BCUT2D eigenvalue weighted by Gasteiger charge is -2.15. The molecule has 1 aliphatic carbocycles. The van der Waals surface area contributed by atoms with Crippen molar-refractivity contribution in [2.45, 2.75) is 56.5 Å². The third-order valence-electron chi connectivity index (χ3n) is 4.00. The first-order chi connectivity index (χ1) is 9.13. The SMILES string of the molecule is CCc1ccc(C(=O)C(C)S(=O)C2CCCC2)cc1. The van der Waals surface area contributed by atoms with Gasteiger partial charge in [0.25, 0.3) is 0 Å². The lowest BCUT2D eigenvalue weighted by Crippen LogP contribution is -2.29. The van der Waals surface area contributed by atoms with E-state index in [0.29, 0.717) is 5.56 Å². The second-order valence-electron chi connectivity index (χ2n) is 5.29. The Balaban J connectivity index is 2.06. The van der Waals surface area contributed by atoms with Gasteiger partial charge in [0.05, 0.1) is 5.25 Å². The molecule has 1 fully saturated rings. The average Bonchev–Trinajstić information content (AvgIpc) is 2.99. The first-order valence-corrected chi connectivity index (χ1v) is 8.43. The van der Waals surface area contributed by atoms with Gasteiger partial charge in [-0.3, -0.25) is 9.00 Å². The van der Waals surface area contributed by atoms with E-state index in [-0.39, 0.29) is 16.3 Å². The van der Waals surface area contributed by atoms with Crippen LogP contribution in [0.4, 0.5) is 0 Å². The van der Waals surface area contributed by atoms with Crippen molar-refractivity contribution in [2.24, 2.45) is 0 Å². The number of Topliss-reactive ketones (excluding diaryl/α,β-unsaturated/α-hetero) is 1. The number of carbonyl (C=O) groups excluding carboxylic acids is 1. The predicted molar refractivity (Wildman–Crippen MR) is 80.0 cm³/mol. The van der Waals surface area contributed by atoms with Crippen molar-refractivity contribution in [3.05, 3.63) is 35.4 Å². The molecule has 2 unspecified atom stereocenters. The molecule has 3 heteroatoms. The van der Waals surface area contributed by atoms with Gasteiger partial charge < -0.3 is 0 Å². The third-order valence-corrected chi connectivity index (χ3v) is 6.03. The topological polar surface area (TPSA) is 34.1 Å². The van der Waals surface area contributed by atoms with Crippen molar-refractivity contribution in [1.82, 2.24) is 0 Å². The van der Waals surface area contributed by atoms with E-state index in [4.69, 9.17) is 0 Å². The standard InChI is InChI=1S/C16H22O2S/c1-3-13-8-10-14(11-9-13)16(17)12(2)19(18)15-6-4-5-7-15/h8-12,15H,3-7H2,1-2H3. The van der Waals surface area contributed by atoms with Crippen molar-refractivity contribution < 1.29 is 9.00 Å². The van der Waals surface area contributed by atoms with Crippen molar-refractivity contribution in [3.63, 3.8) is 0 Å². The summed E-state index contributed by atoms with van der Waals surface area (Å²) in [4.78, 5) is 12.3. The zero-order valence-corrected chi connectivity index (χ0v) is 12.5. The van der Waals surface area contributed by atoms with Gasteiger partial charge in [-0.05, 0) is 31.7 Å². The molecule has 0 aromatic heterocycles. The van der Waals surface area contributed by atoms with Crippen LogP contribution in [-0.2, 0) is 17.2 Å². The first kappa shape index (κ1) is 14.4. The monoisotopic (exact) mass is 278 g/mol. The molecule has 2 atom stereocenters. The zero-order chi connectivity index (χ0) is 13.8. The Bertz CT molecular complexity index is 458.